The van der Waals surface area contributed by atoms with E-state index in [1.165, 1.54) is 5.56 Å². The molecule has 1 aromatic rings. The topological polar surface area (TPSA) is 35.5 Å². The molecular weight excluding hydrogens is 257 g/mol. The smallest absolute Gasteiger partial charge is 0.208 e. The van der Waals surface area contributed by atoms with Gasteiger partial charge in [-0.05, 0) is 36.0 Å². The van der Waals surface area contributed by atoms with Crippen LogP contribution >= 0.6 is 7.87 Å². The fraction of sp³-hybridized carbons (Fsp3) is 0.600. The van der Waals surface area contributed by atoms with E-state index in [0.717, 1.165) is 24.7 Å². The Morgan fingerprint density at radius 2 is 2.16 bits per heavy atom. The van der Waals surface area contributed by atoms with Crippen LogP contribution in [0.25, 0.3) is 0 Å². The molecule has 3 rings (SSSR count). The van der Waals surface area contributed by atoms with E-state index >= 15 is 0 Å². The number of benzene rings is 1. The van der Waals surface area contributed by atoms with Crippen LogP contribution in [0.15, 0.2) is 24.3 Å². The highest BCUT2D eigenvalue weighted by molar-refractivity contribution is 7.69. The normalized spacial score (nSPS) is 31.7. The van der Waals surface area contributed by atoms with E-state index in [4.69, 9.17) is 4.52 Å². The predicted octanol–water partition coefficient (Wildman–Crippen LogP) is 2.23. The van der Waals surface area contributed by atoms with E-state index in [0.29, 0.717) is 12.6 Å². The largest absolute Gasteiger partial charge is 0.637 e. The zero-order valence-electron chi connectivity index (χ0n) is 11.9. The van der Waals surface area contributed by atoms with Crippen LogP contribution < -0.4 is 10.2 Å². The highest BCUT2D eigenvalue weighted by Crippen LogP contribution is 2.61. The van der Waals surface area contributed by atoms with Crippen molar-refractivity contribution in [3.8, 4) is 0 Å². The number of hydrogen-bond donors (Lipinski definition) is 0. The summed E-state index contributed by atoms with van der Waals surface area (Å²) < 4.78 is 7.85. The van der Waals surface area contributed by atoms with Crippen LogP contribution in [0.1, 0.15) is 39.2 Å². The van der Waals surface area contributed by atoms with Gasteiger partial charge in [0.15, 0.2) is 0 Å². The van der Waals surface area contributed by atoms with Crippen LogP contribution in [0.2, 0.25) is 0 Å². The molecular formula is C15H22NO2P. The van der Waals surface area contributed by atoms with E-state index < -0.39 is 7.87 Å². The van der Waals surface area contributed by atoms with Crippen molar-refractivity contribution >= 4 is 13.2 Å². The maximum atomic E-state index is 13.2. The number of hydrogen-bond acceptors (Lipinski definition) is 3. The van der Waals surface area contributed by atoms with E-state index in [-0.39, 0.29) is 5.41 Å². The van der Waals surface area contributed by atoms with Crippen LogP contribution in [0.4, 0.5) is 0 Å². The lowest BCUT2D eigenvalue weighted by molar-refractivity contribution is -0.194. The quantitative estimate of drug-likeness (QED) is 0.740. The van der Waals surface area contributed by atoms with Crippen molar-refractivity contribution in [1.29, 1.82) is 0 Å². The first-order valence-electron chi connectivity index (χ1n) is 7.04. The van der Waals surface area contributed by atoms with Crippen LogP contribution in [-0.2, 0) is 9.94 Å². The molecule has 0 aliphatic carbocycles. The van der Waals surface area contributed by atoms with Gasteiger partial charge in [-0.3, -0.25) is 0 Å². The molecule has 2 fully saturated rings. The number of nitrogens with zero attached hydrogens (tertiary/aromatic N) is 1. The molecule has 2 aliphatic rings. The molecule has 2 heterocycles. The molecule has 1 unspecified atom stereocenters. The molecule has 2 saturated heterocycles. The Morgan fingerprint density at radius 3 is 2.89 bits per heavy atom. The third kappa shape index (κ3) is 2.23. The summed E-state index contributed by atoms with van der Waals surface area (Å²) in [6.07, 6.45) is 2.25. The highest BCUT2D eigenvalue weighted by Gasteiger charge is 2.52. The van der Waals surface area contributed by atoms with Crippen molar-refractivity contribution in [1.82, 2.24) is 4.67 Å². The van der Waals surface area contributed by atoms with Gasteiger partial charge in [-0.1, -0.05) is 32.9 Å². The Morgan fingerprint density at radius 1 is 1.37 bits per heavy atom. The van der Waals surface area contributed by atoms with Crippen molar-refractivity contribution in [2.45, 2.75) is 45.1 Å². The summed E-state index contributed by atoms with van der Waals surface area (Å²) in [5.74, 6) is 0. The van der Waals surface area contributed by atoms with Gasteiger partial charge in [0.1, 0.15) is 11.9 Å². The van der Waals surface area contributed by atoms with Crippen LogP contribution in [0, 0.1) is 0 Å². The summed E-state index contributed by atoms with van der Waals surface area (Å²) in [4.78, 5) is 13.2. The fourth-order valence-electron chi connectivity index (χ4n) is 2.97. The molecule has 4 heteroatoms. The monoisotopic (exact) mass is 279 g/mol. The van der Waals surface area contributed by atoms with Crippen molar-refractivity contribution < 1.29 is 9.42 Å². The average molecular weight is 279 g/mol. The van der Waals surface area contributed by atoms with Gasteiger partial charge in [-0.15, -0.1) is 4.67 Å². The molecule has 0 aromatic heterocycles. The first kappa shape index (κ1) is 13.5. The first-order valence-corrected chi connectivity index (χ1v) is 8.62. The second-order valence-corrected chi connectivity index (χ2v) is 8.90. The summed E-state index contributed by atoms with van der Waals surface area (Å²) in [7, 11) is -2.79. The van der Waals surface area contributed by atoms with Crippen LogP contribution in [0.5, 0.6) is 0 Å². The average Bonchev–Trinajstić information content (AvgIpc) is 2.94. The maximum Gasteiger partial charge on any atom is 0.208 e. The summed E-state index contributed by atoms with van der Waals surface area (Å²) in [6.45, 7) is 8.06. The molecule has 19 heavy (non-hydrogen) atoms. The SMILES string of the molecule is CC(C)(C)c1cccc([P+]2([O-])OC[C@@H]3CCCN32)c1. The first-order chi connectivity index (χ1) is 8.91. The maximum absolute atomic E-state index is 13.2. The Kier molecular flexibility index (Phi) is 3.22. The Hall–Kier alpha value is -0.470. The summed E-state index contributed by atoms with van der Waals surface area (Å²) in [5.41, 5.74) is 1.28. The standard InChI is InChI=1S/C15H22NO2P/c1-15(2,3)12-6-4-8-14(10-12)19(17)16-9-5-7-13(16)11-18-19/h4,6,8,10,13H,5,7,9,11H2,1-3H3/t13-,19?/m0/s1. The minimum Gasteiger partial charge on any atom is -0.637 e. The third-order valence-electron chi connectivity index (χ3n) is 4.16. The molecule has 0 saturated carbocycles. The van der Waals surface area contributed by atoms with Gasteiger partial charge >= 0.3 is 0 Å². The molecule has 0 spiro atoms. The molecule has 0 amide bonds. The number of rotatable bonds is 1. The molecule has 0 N–H and O–H groups in total. The minimum atomic E-state index is -2.79. The van der Waals surface area contributed by atoms with E-state index in [2.05, 4.69) is 37.6 Å². The predicted molar refractivity (Wildman–Crippen MR) is 77.4 cm³/mol. The van der Waals surface area contributed by atoms with Gasteiger partial charge in [-0.25, -0.2) is 4.52 Å². The molecule has 3 nitrogen and oxygen atoms in total. The summed E-state index contributed by atoms with van der Waals surface area (Å²) in [6, 6.07) is 8.50. The van der Waals surface area contributed by atoms with Crippen LogP contribution in [0.3, 0.4) is 0 Å². The summed E-state index contributed by atoms with van der Waals surface area (Å²) in [5, 5.41) is 0.865. The van der Waals surface area contributed by atoms with Gasteiger partial charge in [0.2, 0.25) is 7.87 Å². The molecule has 104 valence electrons. The van der Waals surface area contributed by atoms with Gasteiger partial charge in [0.05, 0.1) is 6.04 Å². The lowest BCUT2D eigenvalue weighted by Gasteiger charge is -2.31. The van der Waals surface area contributed by atoms with Crippen LogP contribution in [-0.4, -0.2) is 23.9 Å². The van der Waals surface area contributed by atoms with Gasteiger partial charge in [-0.2, -0.15) is 0 Å². The molecule has 2 aliphatic heterocycles. The van der Waals surface area contributed by atoms with Gasteiger partial charge < -0.3 is 4.89 Å². The second-order valence-electron chi connectivity index (χ2n) is 6.58. The Balaban J connectivity index is 1.98. The zero-order chi connectivity index (χ0) is 13.7. The Labute approximate surface area is 116 Å². The van der Waals surface area contributed by atoms with Crippen molar-refractivity contribution in [3.05, 3.63) is 29.8 Å². The highest BCUT2D eigenvalue weighted by atomic mass is 31.2. The molecule has 0 bridgehead atoms. The van der Waals surface area contributed by atoms with Gasteiger partial charge in [0, 0.05) is 6.54 Å². The van der Waals surface area contributed by atoms with Crippen molar-refractivity contribution in [2.75, 3.05) is 13.2 Å². The minimum absolute atomic E-state index is 0.0688. The molecule has 0 radical (unpaired) electrons. The van der Waals surface area contributed by atoms with Crippen molar-refractivity contribution in [3.63, 3.8) is 0 Å². The molecule has 1 aromatic carbocycles. The van der Waals surface area contributed by atoms with E-state index in [1.807, 2.05) is 12.1 Å². The zero-order valence-corrected chi connectivity index (χ0v) is 12.8. The third-order valence-corrected chi connectivity index (χ3v) is 6.80. The van der Waals surface area contributed by atoms with E-state index in [9.17, 15) is 4.89 Å². The van der Waals surface area contributed by atoms with E-state index in [1.54, 1.807) is 0 Å². The van der Waals surface area contributed by atoms with Gasteiger partial charge in [0.25, 0.3) is 0 Å². The lowest BCUT2D eigenvalue weighted by Crippen LogP contribution is -2.35. The van der Waals surface area contributed by atoms with Crippen molar-refractivity contribution in [2.24, 2.45) is 0 Å². The second kappa shape index (κ2) is 4.53. The fourth-order valence-corrected chi connectivity index (χ4v) is 5.53. The summed E-state index contributed by atoms with van der Waals surface area (Å²) >= 11 is 0. The number of fused-ring (bicyclic) bond motifs is 1. The molecule has 2 atom stereocenters. The Bertz CT molecular complexity index is 485. The lowest BCUT2D eigenvalue weighted by atomic mass is 9.87.